The van der Waals surface area contributed by atoms with Gasteiger partial charge in [0.15, 0.2) is 0 Å². The second-order valence-corrected chi connectivity index (χ2v) is 6.19. The molecule has 2 rings (SSSR count). The van der Waals surface area contributed by atoms with Gasteiger partial charge in [0.2, 0.25) is 11.8 Å². The lowest BCUT2D eigenvalue weighted by atomic mass is 9.91. The third-order valence-corrected chi connectivity index (χ3v) is 3.79. The number of carbonyl (C=O) groups excluding carboxylic acids is 2. The summed E-state index contributed by atoms with van der Waals surface area (Å²) >= 11 is 5.83. The highest BCUT2D eigenvalue weighted by molar-refractivity contribution is 6.30. The number of anilines is 1. The molecular formula is C18H19ClN2O2. The van der Waals surface area contributed by atoms with E-state index in [0.717, 1.165) is 5.56 Å². The molecule has 0 radical (unpaired) electrons. The fourth-order valence-corrected chi connectivity index (χ4v) is 2.04. The number of benzene rings is 2. The van der Waals surface area contributed by atoms with Crippen LogP contribution in [0.15, 0.2) is 54.6 Å². The maximum absolute atomic E-state index is 12.3. The van der Waals surface area contributed by atoms with Crippen molar-refractivity contribution in [3.8, 4) is 0 Å². The van der Waals surface area contributed by atoms with Crippen LogP contribution in [-0.4, -0.2) is 11.8 Å². The van der Waals surface area contributed by atoms with Crippen molar-refractivity contribution < 1.29 is 9.59 Å². The number of carbonyl (C=O) groups is 2. The largest absolute Gasteiger partial charge is 0.351 e. The Morgan fingerprint density at radius 2 is 1.57 bits per heavy atom. The molecule has 0 spiro atoms. The van der Waals surface area contributed by atoms with E-state index < -0.39 is 5.41 Å². The summed E-state index contributed by atoms with van der Waals surface area (Å²) < 4.78 is 0. The number of nitrogens with one attached hydrogen (secondary N) is 2. The minimum absolute atomic E-state index is 0.333. The monoisotopic (exact) mass is 330 g/mol. The summed E-state index contributed by atoms with van der Waals surface area (Å²) in [6.07, 6.45) is 0. The molecule has 0 heterocycles. The molecule has 4 nitrogen and oxygen atoms in total. The second kappa shape index (κ2) is 7.29. The van der Waals surface area contributed by atoms with Gasteiger partial charge in [0, 0.05) is 17.3 Å². The van der Waals surface area contributed by atoms with E-state index in [-0.39, 0.29) is 11.8 Å². The first kappa shape index (κ1) is 17.0. The number of halogens is 1. The zero-order valence-corrected chi connectivity index (χ0v) is 13.9. The van der Waals surface area contributed by atoms with Crippen molar-refractivity contribution in [3.63, 3.8) is 0 Å². The lowest BCUT2D eigenvalue weighted by Gasteiger charge is -2.22. The maximum Gasteiger partial charge on any atom is 0.239 e. The van der Waals surface area contributed by atoms with Gasteiger partial charge in [0.05, 0.1) is 0 Å². The molecule has 23 heavy (non-hydrogen) atoms. The minimum atomic E-state index is -1.18. The zero-order valence-electron chi connectivity index (χ0n) is 13.1. The van der Waals surface area contributed by atoms with Gasteiger partial charge in [0.1, 0.15) is 5.41 Å². The Kier molecular flexibility index (Phi) is 5.40. The Morgan fingerprint density at radius 3 is 2.17 bits per heavy atom. The average molecular weight is 331 g/mol. The summed E-state index contributed by atoms with van der Waals surface area (Å²) in [4.78, 5) is 24.7. The summed E-state index contributed by atoms with van der Waals surface area (Å²) in [6, 6.07) is 16.2. The SMILES string of the molecule is CC(C)(C(=O)NCc1ccc(Cl)cc1)C(=O)Nc1ccccc1. The molecule has 0 aliphatic rings. The van der Waals surface area contributed by atoms with Crippen molar-refractivity contribution in [1.82, 2.24) is 5.32 Å². The molecule has 0 saturated carbocycles. The second-order valence-electron chi connectivity index (χ2n) is 5.75. The molecule has 2 N–H and O–H groups in total. The summed E-state index contributed by atoms with van der Waals surface area (Å²) in [5, 5.41) is 6.18. The predicted octanol–water partition coefficient (Wildman–Crippen LogP) is 3.62. The molecule has 5 heteroatoms. The molecule has 0 atom stereocenters. The van der Waals surface area contributed by atoms with Gasteiger partial charge >= 0.3 is 0 Å². The first-order valence-electron chi connectivity index (χ1n) is 7.29. The molecule has 0 aliphatic heterocycles. The number of rotatable bonds is 5. The number of hydrogen-bond donors (Lipinski definition) is 2. The number of para-hydroxylation sites is 1. The molecule has 2 aromatic rings. The average Bonchev–Trinajstić information content (AvgIpc) is 2.54. The van der Waals surface area contributed by atoms with Crippen molar-refractivity contribution in [2.75, 3.05) is 5.32 Å². The Balaban J connectivity index is 1.96. The highest BCUT2D eigenvalue weighted by Gasteiger charge is 2.35. The zero-order chi connectivity index (χ0) is 16.9. The van der Waals surface area contributed by atoms with E-state index in [1.54, 1.807) is 38.1 Å². The van der Waals surface area contributed by atoms with Crippen molar-refractivity contribution in [2.45, 2.75) is 20.4 Å². The van der Waals surface area contributed by atoms with E-state index >= 15 is 0 Å². The van der Waals surface area contributed by atoms with Crippen LogP contribution < -0.4 is 10.6 Å². The van der Waals surface area contributed by atoms with Crippen LogP contribution in [0.4, 0.5) is 5.69 Å². The van der Waals surface area contributed by atoms with Gasteiger partial charge in [-0.25, -0.2) is 0 Å². The van der Waals surface area contributed by atoms with E-state index in [2.05, 4.69) is 10.6 Å². The van der Waals surface area contributed by atoms with E-state index in [1.807, 2.05) is 30.3 Å². The van der Waals surface area contributed by atoms with Crippen LogP contribution in [0.3, 0.4) is 0 Å². The summed E-state index contributed by atoms with van der Waals surface area (Å²) in [6.45, 7) is 3.54. The third kappa shape index (κ3) is 4.57. The van der Waals surface area contributed by atoms with E-state index in [9.17, 15) is 9.59 Å². The number of hydrogen-bond acceptors (Lipinski definition) is 2. The first-order chi connectivity index (χ1) is 10.9. The van der Waals surface area contributed by atoms with Crippen LogP contribution in [0.1, 0.15) is 19.4 Å². The standard InChI is InChI=1S/C18H19ClN2O2/c1-18(2,17(23)21-15-6-4-3-5-7-15)16(22)20-12-13-8-10-14(19)11-9-13/h3-11H,12H2,1-2H3,(H,20,22)(H,21,23). The third-order valence-electron chi connectivity index (χ3n) is 3.53. The molecule has 0 unspecified atom stereocenters. The topological polar surface area (TPSA) is 58.2 Å². The molecule has 120 valence electrons. The fourth-order valence-electron chi connectivity index (χ4n) is 1.92. The molecule has 0 saturated heterocycles. The quantitative estimate of drug-likeness (QED) is 0.823. The summed E-state index contributed by atoms with van der Waals surface area (Å²) in [7, 11) is 0. The smallest absolute Gasteiger partial charge is 0.239 e. The molecule has 0 bridgehead atoms. The highest BCUT2D eigenvalue weighted by Crippen LogP contribution is 2.19. The van der Waals surface area contributed by atoms with E-state index in [1.165, 1.54) is 0 Å². The van der Waals surface area contributed by atoms with Gasteiger partial charge in [-0.3, -0.25) is 9.59 Å². The van der Waals surface area contributed by atoms with E-state index in [0.29, 0.717) is 17.3 Å². The summed E-state index contributed by atoms with van der Waals surface area (Å²) in [5.41, 5.74) is 0.403. The van der Waals surface area contributed by atoms with Gasteiger partial charge < -0.3 is 10.6 Å². The lowest BCUT2D eigenvalue weighted by molar-refractivity contribution is -0.138. The maximum atomic E-state index is 12.3. The van der Waals surface area contributed by atoms with Crippen molar-refractivity contribution in [3.05, 3.63) is 65.2 Å². The van der Waals surface area contributed by atoms with Crippen LogP contribution in [0.5, 0.6) is 0 Å². The van der Waals surface area contributed by atoms with Gasteiger partial charge in [-0.15, -0.1) is 0 Å². The molecular weight excluding hydrogens is 312 g/mol. The molecule has 0 aliphatic carbocycles. The predicted molar refractivity (Wildman–Crippen MR) is 92.2 cm³/mol. The molecule has 0 aromatic heterocycles. The highest BCUT2D eigenvalue weighted by atomic mass is 35.5. The Morgan fingerprint density at radius 1 is 0.957 bits per heavy atom. The lowest BCUT2D eigenvalue weighted by Crippen LogP contribution is -2.44. The van der Waals surface area contributed by atoms with Crippen LogP contribution in [0.25, 0.3) is 0 Å². The molecule has 2 amide bonds. The van der Waals surface area contributed by atoms with Crippen molar-refractivity contribution in [2.24, 2.45) is 5.41 Å². The Bertz CT molecular complexity index is 682. The first-order valence-corrected chi connectivity index (χ1v) is 7.66. The Hall–Kier alpha value is -2.33. The number of amides is 2. The fraction of sp³-hybridized carbons (Fsp3) is 0.222. The van der Waals surface area contributed by atoms with Gasteiger partial charge in [-0.2, -0.15) is 0 Å². The van der Waals surface area contributed by atoms with Crippen LogP contribution in [-0.2, 0) is 16.1 Å². The van der Waals surface area contributed by atoms with Gasteiger partial charge in [-0.1, -0.05) is 41.9 Å². The Labute approximate surface area is 140 Å². The van der Waals surface area contributed by atoms with E-state index in [4.69, 9.17) is 11.6 Å². The van der Waals surface area contributed by atoms with Crippen LogP contribution in [0.2, 0.25) is 5.02 Å². The normalized spacial score (nSPS) is 10.9. The molecule has 2 aromatic carbocycles. The van der Waals surface area contributed by atoms with Gasteiger partial charge in [-0.05, 0) is 43.7 Å². The van der Waals surface area contributed by atoms with Crippen LogP contribution >= 0.6 is 11.6 Å². The van der Waals surface area contributed by atoms with Gasteiger partial charge in [0.25, 0.3) is 0 Å². The minimum Gasteiger partial charge on any atom is -0.351 e. The molecule has 0 fully saturated rings. The van der Waals surface area contributed by atoms with Crippen molar-refractivity contribution >= 4 is 29.1 Å². The van der Waals surface area contributed by atoms with Crippen LogP contribution in [0, 0.1) is 5.41 Å². The summed E-state index contributed by atoms with van der Waals surface area (Å²) in [5.74, 6) is -0.682. The van der Waals surface area contributed by atoms with Crippen molar-refractivity contribution in [1.29, 1.82) is 0 Å².